The van der Waals surface area contributed by atoms with E-state index in [0.717, 1.165) is 17.6 Å². The molecule has 0 amide bonds. The molecule has 0 unspecified atom stereocenters. The Morgan fingerprint density at radius 1 is 1.46 bits per heavy atom. The van der Waals surface area contributed by atoms with Crippen molar-refractivity contribution in [1.82, 2.24) is 5.32 Å². The lowest BCUT2D eigenvalue weighted by Gasteiger charge is -2.08. The summed E-state index contributed by atoms with van der Waals surface area (Å²) in [5, 5.41) is 4.35. The van der Waals surface area contributed by atoms with Crippen molar-refractivity contribution in [2.75, 3.05) is 0 Å². The fourth-order valence-electron chi connectivity index (χ4n) is 1.42. The van der Waals surface area contributed by atoms with E-state index in [1.165, 1.54) is 24.0 Å². The van der Waals surface area contributed by atoms with E-state index >= 15 is 0 Å². The van der Waals surface area contributed by atoms with Gasteiger partial charge in [-0.25, -0.2) is 0 Å². The molecule has 2 heteroatoms. The second-order valence-electron chi connectivity index (χ2n) is 3.69. The number of halogens is 1. The minimum absolute atomic E-state index is 0.746. The lowest BCUT2D eigenvalue weighted by atomic mass is 10.1. The van der Waals surface area contributed by atoms with Gasteiger partial charge in [0.15, 0.2) is 0 Å². The van der Waals surface area contributed by atoms with Crippen LogP contribution < -0.4 is 5.32 Å². The molecule has 1 aliphatic carbocycles. The van der Waals surface area contributed by atoms with Gasteiger partial charge in [0.05, 0.1) is 0 Å². The zero-order valence-electron chi connectivity index (χ0n) is 7.81. The van der Waals surface area contributed by atoms with Gasteiger partial charge in [-0.3, -0.25) is 0 Å². The molecule has 0 aromatic heterocycles. The topological polar surface area (TPSA) is 12.0 Å². The normalized spacial score (nSPS) is 16.2. The molecule has 0 heterocycles. The van der Waals surface area contributed by atoms with Gasteiger partial charge in [0.2, 0.25) is 0 Å². The summed E-state index contributed by atoms with van der Waals surface area (Å²) in [4.78, 5) is 0. The fraction of sp³-hybridized carbons (Fsp3) is 0.455. The van der Waals surface area contributed by atoms with Crippen LogP contribution in [0.25, 0.3) is 0 Å². The van der Waals surface area contributed by atoms with Gasteiger partial charge < -0.3 is 5.32 Å². The molecule has 13 heavy (non-hydrogen) atoms. The summed E-state index contributed by atoms with van der Waals surface area (Å²) in [5.41, 5.74) is 2.52. The highest BCUT2D eigenvalue weighted by molar-refractivity contribution is 6.31. The highest BCUT2D eigenvalue weighted by Gasteiger charge is 2.20. The standard InChI is InChI=1S/C11H14ClN/c1-8-3-2-4-11(12)10(8)7-13-9-5-6-9/h2-4,9,13H,5-7H2,1H3. The molecular formula is C11H14ClN. The Kier molecular flexibility index (Phi) is 2.56. The summed E-state index contributed by atoms with van der Waals surface area (Å²) in [6, 6.07) is 6.81. The molecule has 1 aliphatic rings. The molecule has 1 aromatic rings. The number of nitrogens with one attached hydrogen (secondary N) is 1. The van der Waals surface area contributed by atoms with E-state index < -0.39 is 0 Å². The second-order valence-corrected chi connectivity index (χ2v) is 4.10. The number of aryl methyl sites for hydroxylation is 1. The largest absolute Gasteiger partial charge is 0.310 e. The number of benzene rings is 1. The van der Waals surface area contributed by atoms with Crippen LogP contribution in [0, 0.1) is 6.92 Å². The van der Waals surface area contributed by atoms with Crippen molar-refractivity contribution < 1.29 is 0 Å². The third-order valence-electron chi connectivity index (χ3n) is 2.50. The summed E-state index contributed by atoms with van der Waals surface area (Å²) in [6.45, 7) is 3.02. The average Bonchev–Trinajstić information content (AvgIpc) is 2.87. The van der Waals surface area contributed by atoms with E-state index in [9.17, 15) is 0 Å². The van der Waals surface area contributed by atoms with Crippen LogP contribution in [0.1, 0.15) is 24.0 Å². The highest BCUT2D eigenvalue weighted by atomic mass is 35.5. The molecule has 0 aliphatic heterocycles. The third-order valence-corrected chi connectivity index (χ3v) is 2.85. The summed E-state index contributed by atoms with van der Waals surface area (Å²) in [6.07, 6.45) is 2.65. The van der Waals surface area contributed by atoms with Crippen LogP contribution in [-0.2, 0) is 6.54 Å². The average molecular weight is 196 g/mol. The Labute approximate surface area is 84.1 Å². The molecule has 1 aromatic carbocycles. The van der Waals surface area contributed by atoms with E-state index in [1.807, 2.05) is 12.1 Å². The van der Waals surface area contributed by atoms with Crippen LogP contribution in [0.5, 0.6) is 0 Å². The maximum atomic E-state index is 6.09. The molecule has 1 N–H and O–H groups in total. The highest BCUT2D eigenvalue weighted by Crippen LogP contribution is 2.23. The van der Waals surface area contributed by atoms with Crippen LogP contribution >= 0.6 is 11.6 Å². The Balaban J connectivity index is 2.07. The summed E-state index contributed by atoms with van der Waals surface area (Å²) < 4.78 is 0. The van der Waals surface area contributed by atoms with Crippen molar-refractivity contribution in [1.29, 1.82) is 0 Å². The van der Waals surface area contributed by atoms with Crippen molar-refractivity contribution in [3.05, 3.63) is 34.3 Å². The first kappa shape index (κ1) is 9.04. The smallest absolute Gasteiger partial charge is 0.0453 e. The Hall–Kier alpha value is -0.530. The van der Waals surface area contributed by atoms with Gasteiger partial charge in [0.1, 0.15) is 0 Å². The van der Waals surface area contributed by atoms with Crippen LogP contribution in [0.2, 0.25) is 5.02 Å². The van der Waals surface area contributed by atoms with E-state index in [1.54, 1.807) is 0 Å². The van der Waals surface area contributed by atoms with Gasteiger partial charge in [-0.15, -0.1) is 0 Å². The van der Waals surface area contributed by atoms with Gasteiger partial charge in [-0.1, -0.05) is 23.7 Å². The van der Waals surface area contributed by atoms with E-state index in [2.05, 4.69) is 18.3 Å². The van der Waals surface area contributed by atoms with E-state index in [0.29, 0.717) is 0 Å². The zero-order valence-corrected chi connectivity index (χ0v) is 8.56. The molecule has 1 nitrogen and oxygen atoms in total. The van der Waals surface area contributed by atoms with Crippen LogP contribution in [-0.4, -0.2) is 6.04 Å². The second kappa shape index (κ2) is 3.69. The van der Waals surface area contributed by atoms with Crippen molar-refractivity contribution >= 4 is 11.6 Å². The third kappa shape index (κ3) is 2.23. The monoisotopic (exact) mass is 195 g/mol. The first-order valence-corrected chi connectivity index (χ1v) is 5.12. The summed E-state index contributed by atoms with van der Waals surface area (Å²) in [5.74, 6) is 0. The van der Waals surface area contributed by atoms with Crippen LogP contribution in [0.3, 0.4) is 0 Å². The van der Waals surface area contributed by atoms with Crippen molar-refractivity contribution in [3.63, 3.8) is 0 Å². The quantitative estimate of drug-likeness (QED) is 0.782. The molecule has 0 atom stereocenters. The molecule has 1 saturated carbocycles. The van der Waals surface area contributed by atoms with Gasteiger partial charge in [0, 0.05) is 17.6 Å². The van der Waals surface area contributed by atoms with Crippen LogP contribution in [0.4, 0.5) is 0 Å². The lowest BCUT2D eigenvalue weighted by molar-refractivity contribution is 0.685. The van der Waals surface area contributed by atoms with Gasteiger partial charge in [-0.05, 0) is 37.0 Å². The van der Waals surface area contributed by atoms with Crippen molar-refractivity contribution in [3.8, 4) is 0 Å². The minimum atomic E-state index is 0.746. The number of hydrogen-bond acceptors (Lipinski definition) is 1. The first-order chi connectivity index (χ1) is 6.27. The molecule has 0 bridgehead atoms. The zero-order chi connectivity index (χ0) is 9.26. The molecule has 0 radical (unpaired) electrons. The number of hydrogen-bond donors (Lipinski definition) is 1. The van der Waals surface area contributed by atoms with Crippen LogP contribution in [0.15, 0.2) is 18.2 Å². The maximum Gasteiger partial charge on any atom is 0.0453 e. The van der Waals surface area contributed by atoms with Gasteiger partial charge >= 0.3 is 0 Å². The first-order valence-electron chi connectivity index (χ1n) is 4.75. The maximum absolute atomic E-state index is 6.09. The number of rotatable bonds is 3. The Morgan fingerprint density at radius 3 is 2.85 bits per heavy atom. The molecule has 0 spiro atoms. The molecule has 1 fully saturated rings. The van der Waals surface area contributed by atoms with E-state index in [4.69, 9.17) is 11.6 Å². The summed E-state index contributed by atoms with van der Waals surface area (Å²) in [7, 11) is 0. The molecule has 2 rings (SSSR count). The van der Waals surface area contributed by atoms with Crippen molar-refractivity contribution in [2.24, 2.45) is 0 Å². The Bertz CT molecular complexity index is 285. The minimum Gasteiger partial charge on any atom is -0.310 e. The summed E-state index contributed by atoms with van der Waals surface area (Å²) >= 11 is 6.09. The Morgan fingerprint density at radius 2 is 2.23 bits per heavy atom. The lowest BCUT2D eigenvalue weighted by Crippen LogP contribution is -2.16. The van der Waals surface area contributed by atoms with Gasteiger partial charge in [-0.2, -0.15) is 0 Å². The molecule has 0 saturated heterocycles. The van der Waals surface area contributed by atoms with Gasteiger partial charge in [0.25, 0.3) is 0 Å². The molecular weight excluding hydrogens is 182 g/mol. The van der Waals surface area contributed by atoms with Crippen molar-refractivity contribution in [2.45, 2.75) is 32.4 Å². The predicted molar refractivity (Wildman–Crippen MR) is 56.1 cm³/mol. The van der Waals surface area contributed by atoms with E-state index in [-0.39, 0.29) is 0 Å². The molecule has 70 valence electrons. The SMILES string of the molecule is Cc1cccc(Cl)c1CNC1CC1. The predicted octanol–water partition coefficient (Wildman–Crippen LogP) is 2.90. The fourth-order valence-corrected chi connectivity index (χ4v) is 1.71.